The summed E-state index contributed by atoms with van der Waals surface area (Å²) in [5.41, 5.74) is 0. The van der Waals surface area contributed by atoms with Crippen molar-refractivity contribution in [2.45, 2.75) is 51.1 Å². The molecule has 2 atom stereocenters. The van der Waals surface area contributed by atoms with Crippen LogP contribution in [0.4, 0.5) is 4.79 Å². The Labute approximate surface area is 101 Å². The van der Waals surface area contributed by atoms with Gasteiger partial charge in [-0.1, -0.05) is 6.92 Å². The van der Waals surface area contributed by atoms with Gasteiger partial charge in [0.05, 0.1) is 0 Å². The molecule has 0 spiro atoms. The molecule has 2 fully saturated rings. The quantitative estimate of drug-likeness (QED) is 0.813. The van der Waals surface area contributed by atoms with E-state index >= 15 is 0 Å². The minimum Gasteiger partial charge on any atom is -0.480 e. The van der Waals surface area contributed by atoms with Gasteiger partial charge in [0.15, 0.2) is 0 Å². The predicted octanol–water partition coefficient (Wildman–Crippen LogP) is 1.53. The fourth-order valence-electron chi connectivity index (χ4n) is 2.94. The number of carboxylic acid groups (broad SMARTS) is 1. The Bertz CT molecular complexity index is 319. The first-order valence-corrected chi connectivity index (χ1v) is 6.45. The van der Waals surface area contributed by atoms with Gasteiger partial charge in [-0.15, -0.1) is 0 Å². The maximum atomic E-state index is 12.3. The monoisotopic (exact) mass is 240 g/mol. The highest BCUT2D eigenvalue weighted by Gasteiger charge is 2.42. The largest absolute Gasteiger partial charge is 0.480 e. The Morgan fingerprint density at radius 3 is 2.82 bits per heavy atom. The Hall–Kier alpha value is -1.26. The molecule has 1 N–H and O–H groups in total. The third-order valence-electron chi connectivity index (χ3n) is 3.75. The molecule has 5 nitrogen and oxygen atoms in total. The lowest BCUT2D eigenvalue weighted by molar-refractivity contribution is -0.145. The number of aliphatic carboxylic acids is 1. The van der Waals surface area contributed by atoms with Crippen molar-refractivity contribution in [1.29, 1.82) is 0 Å². The smallest absolute Gasteiger partial charge is 0.326 e. The number of carboxylic acids is 1. The van der Waals surface area contributed by atoms with Crippen molar-refractivity contribution in [2.75, 3.05) is 13.1 Å². The molecule has 0 saturated carbocycles. The first-order valence-electron chi connectivity index (χ1n) is 6.45. The number of carbonyl (C=O) groups excluding carboxylic acids is 1. The molecule has 0 radical (unpaired) electrons. The van der Waals surface area contributed by atoms with E-state index in [0.717, 1.165) is 38.8 Å². The van der Waals surface area contributed by atoms with E-state index in [4.69, 9.17) is 0 Å². The minimum absolute atomic E-state index is 0.0739. The molecule has 17 heavy (non-hydrogen) atoms. The first kappa shape index (κ1) is 12.2. The molecule has 0 aromatic rings. The third kappa shape index (κ3) is 2.23. The van der Waals surface area contributed by atoms with E-state index in [1.165, 1.54) is 0 Å². The number of piperidine rings is 1. The summed E-state index contributed by atoms with van der Waals surface area (Å²) < 4.78 is 0. The lowest BCUT2D eigenvalue weighted by Crippen LogP contribution is -2.61. The van der Waals surface area contributed by atoms with Crippen LogP contribution in [0.1, 0.15) is 39.0 Å². The molecule has 2 heterocycles. The lowest BCUT2D eigenvalue weighted by atomic mass is 9.92. The van der Waals surface area contributed by atoms with Gasteiger partial charge in [0.1, 0.15) is 6.04 Å². The molecule has 2 amide bonds. The highest BCUT2D eigenvalue weighted by molar-refractivity contribution is 5.83. The van der Waals surface area contributed by atoms with Gasteiger partial charge in [-0.2, -0.15) is 0 Å². The molecule has 2 rings (SSSR count). The first-order chi connectivity index (χ1) is 8.15. The molecule has 0 bridgehead atoms. The Morgan fingerprint density at radius 2 is 2.18 bits per heavy atom. The fourth-order valence-corrected chi connectivity index (χ4v) is 2.94. The van der Waals surface area contributed by atoms with Crippen molar-refractivity contribution in [3.63, 3.8) is 0 Å². The molecule has 0 aromatic carbocycles. The van der Waals surface area contributed by atoms with Gasteiger partial charge in [-0.25, -0.2) is 9.59 Å². The van der Waals surface area contributed by atoms with E-state index in [1.54, 1.807) is 9.80 Å². The molecular weight excluding hydrogens is 220 g/mol. The van der Waals surface area contributed by atoms with Crippen LogP contribution in [0.2, 0.25) is 0 Å². The van der Waals surface area contributed by atoms with Crippen LogP contribution in [0, 0.1) is 0 Å². The van der Waals surface area contributed by atoms with Crippen LogP contribution in [0.5, 0.6) is 0 Å². The van der Waals surface area contributed by atoms with E-state index in [1.807, 2.05) is 6.92 Å². The van der Waals surface area contributed by atoms with Crippen LogP contribution in [-0.2, 0) is 4.79 Å². The van der Waals surface area contributed by atoms with Crippen molar-refractivity contribution in [2.24, 2.45) is 0 Å². The van der Waals surface area contributed by atoms with Gasteiger partial charge < -0.3 is 14.9 Å². The van der Waals surface area contributed by atoms with Crippen LogP contribution in [-0.4, -0.2) is 52.1 Å². The second-order valence-corrected chi connectivity index (χ2v) is 4.90. The third-order valence-corrected chi connectivity index (χ3v) is 3.75. The van der Waals surface area contributed by atoms with E-state index in [9.17, 15) is 14.7 Å². The van der Waals surface area contributed by atoms with Crippen LogP contribution < -0.4 is 0 Å². The number of carbonyl (C=O) groups is 2. The average molecular weight is 240 g/mol. The number of rotatable bonds is 3. The lowest BCUT2D eigenvalue weighted by Gasteiger charge is -2.46. The zero-order valence-corrected chi connectivity index (χ0v) is 10.3. The van der Waals surface area contributed by atoms with Gasteiger partial charge in [0.2, 0.25) is 0 Å². The van der Waals surface area contributed by atoms with Gasteiger partial charge in [-0.05, 0) is 32.1 Å². The van der Waals surface area contributed by atoms with Crippen LogP contribution in [0.25, 0.3) is 0 Å². The second kappa shape index (κ2) is 4.94. The minimum atomic E-state index is -0.860. The van der Waals surface area contributed by atoms with Crippen LogP contribution in [0.3, 0.4) is 0 Å². The van der Waals surface area contributed by atoms with Crippen LogP contribution >= 0.6 is 0 Å². The standard InChI is InChI=1S/C12H20N2O3/c1-2-7-13-8-6-9-4-3-5-10(11(15)16)14(9)12(13)17/h9-10H,2-8H2,1H3,(H,15,16)/t9-,10-/m0/s1. The van der Waals surface area contributed by atoms with Gasteiger partial charge in [0.25, 0.3) is 0 Å². The fraction of sp³-hybridized carbons (Fsp3) is 0.833. The summed E-state index contributed by atoms with van der Waals surface area (Å²) in [5, 5.41) is 9.20. The summed E-state index contributed by atoms with van der Waals surface area (Å²) in [6.45, 7) is 3.54. The summed E-state index contributed by atoms with van der Waals surface area (Å²) >= 11 is 0. The van der Waals surface area contributed by atoms with E-state index in [0.29, 0.717) is 6.42 Å². The summed E-state index contributed by atoms with van der Waals surface area (Å²) in [6.07, 6.45) is 4.30. The number of amides is 2. The number of hydrogen-bond acceptors (Lipinski definition) is 2. The average Bonchev–Trinajstić information content (AvgIpc) is 2.32. The van der Waals surface area contributed by atoms with Crippen LogP contribution in [0.15, 0.2) is 0 Å². The summed E-state index contributed by atoms with van der Waals surface area (Å²) in [6, 6.07) is -0.540. The second-order valence-electron chi connectivity index (χ2n) is 4.90. The SMILES string of the molecule is CCCN1CC[C@@H]2CCC[C@@H](C(=O)O)N2C1=O. The zero-order valence-electron chi connectivity index (χ0n) is 10.3. The van der Waals surface area contributed by atoms with Gasteiger partial charge in [-0.3, -0.25) is 0 Å². The Balaban J connectivity index is 2.15. The maximum absolute atomic E-state index is 12.3. The highest BCUT2D eigenvalue weighted by Crippen LogP contribution is 2.30. The Kier molecular flexibility index (Phi) is 3.54. The summed E-state index contributed by atoms with van der Waals surface area (Å²) in [4.78, 5) is 26.9. The number of fused-ring (bicyclic) bond motifs is 1. The maximum Gasteiger partial charge on any atom is 0.326 e. The molecule has 0 unspecified atom stereocenters. The Morgan fingerprint density at radius 1 is 1.41 bits per heavy atom. The normalized spacial score (nSPS) is 29.1. The summed E-state index contributed by atoms with van der Waals surface area (Å²) in [5.74, 6) is -0.860. The topological polar surface area (TPSA) is 60.9 Å². The van der Waals surface area contributed by atoms with Crippen molar-refractivity contribution in [1.82, 2.24) is 9.80 Å². The number of hydrogen-bond donors (Lipinski definition) is 1. The molecule has 96 valence electrons. The molecule has 0 aliphatic carbocycles. The predicted molar refractivity (Wildman–Crippen MR) is 62.8 cm³/mol. The molecular formula is C12H20N2O3. The van der Waals surface area contributed by atoms with E-state index in [2.05, 4.69) is 0 Å². The molecule has 0 aromatic heterocycles. The molecule has 2 aliphatic heterocycles. The summed E-state index contributed by atoms with van der Waals surface area (Å²) in [7, 11) is 0. The highest BCUT2D eigenvalue weighted by atomic mass is 16.4. The van der Waals surface area contributed by atoms with Crippen molar-refractivity contribution in [3.05, 3.63) is 0 Å². The van der Waals surface area contributed by atoms with Gasteiger partial charge >= 0.3 is 12.0 Å². The van der Waals surface area contributed by atoms with Crippen molar-refractivity contribution < 1.29 is 14.7 Å². The number of nitrogens with zero attached hydrogens (tertiary/aromatic N) is 2. The van der Waals surface area contributed by atoms with Crippen molar-refractivity contribution in [3.8, 4) is 0 Å². The number of urea groups is 1. The van der Waals surface area contributed by atoms with Crippen molar-refractivity contribution >= 4 is 12.0 Å². The molecule has 2 saturated heterocycles. The van der Waals surface area contributed by atoms with Gasteiger partial charge in [0, 0.05) is 19.1 Å². The molecule has 2 aliphatic rings. The van der Waals surface area contributed by atoms with E-state index < -0.39 is 12.0 Å². The zero-order chi connectivity index (χ0) is 12.4. The molecule has 5 heteroatoms. The van der Waals surface area contributed by atoms with E-state index in [-0.39, 0.29) is 12.1 Å².